The van der Waals surface area contributed by atoms with Crippen molar-refractivity contribution in [1.29, 1.82) is 0 Å². The van der Waals surface area contributed by atoms with Crippen molar-refractivity contribution >= 4 is 21.6 Å². The lowest BCUT2D eigenvalue weighted by Gasteiger charge is -2.37. The fourth-order valence-electron chi connectivity index (χ4n) is 4.46. The van der Waals surface area contributed by atoms with Crippen molar-refractivity contribution in [2.24, 2.45) is 5.92 Å². The Hall–Kier alpha value is -2.10. The van der Waals surface area contributed by atoms with Gasteiger partial charge in [-0.3, -0.25) is 0 Å². The molecule has 34 heavy (non-hydrogen) atoms. The lowest BCUT2D eigenvalue weighted by molar-refractivity contribution is 0.0812. The second-order valence-electron chi connectivity index (χ2n) is 9.49. The molecule has 0 unspecified atom stereocenters. The quantitative estimate of drug-likeness (QED) is 0.606. The number of benzene rings is 1. The summed E-state index contributed by atoms with van der Waals surface area (Å²) in [6.07, 6.45) is 6.89. The van der Waals surface area contributed by atoms with Gasteiger partial charge < -0.3 is 20.1 Å². The van der Waals surface area contributed by atoms with E-state index >= 15 is 0 Å². The molecule has 0 bridgehead atoms. The van der Waals surface area contributed by atoms with Crippen molar-refractivity contribution in [1.82, 2.24) is 14.5 Å². The number of ether oxygens (including phenoxy) is 1. The van der Waals surface area contributed by atoms with Crippen LogP contribution < -0.4 is 10.1 Å². The van der Waals surface area contributed by atoms with Gasteiger partial charge >= 0.3 is 6.03 Å². The number of amides is 2. The minimum atomic E-state index is -3.88. The zero-order valence-corrected chi connectivity index (χ0v) is 21.6. The topological polar surface area (TPSA) is 99.2 Å². The average Bonchev–Trinajstić information content (AvgIpc) is 2.84. The molecule has 2 aliphatic rings. The Balaban J connectivity index is 2.01. The first-order chi connectivity index (χ1) is 16.2. The number of fused-ring (bicyclic) bond motifs is 1. The van der Waals surface area contributed by atoms with E-state index in [9.17, 15) is 18.3 Å². The van der Waals surface area contributed by atoms with Gasteiger partial charge in [-0.2, -0.15) is 4.31 Å². The number of likely N-dealkylation sites (N-methyl/N-ethyl adjacent to an activating group) is 1. The normalized spacial score (nSPS) is 23.5. The highest BCUT2D eigenvalue weighted by Crippen LogP contribution is 2.37. The van der Waals surface area contributed by atoms with E-state index in [1.165, 1.54) is 16.3 Å². The van der Waals surface area contributed by atoms with E-state index in [0.29, 0.717) is 18.8 Å². The Labute approximate surface area is 204 Å². The minimum Gasteiger partial charge on any atom is -0.487 e. The molecule has 190 valence electrons. The molecule has 1 aromatic carbocycles. The van der Waals surface area contributed by atoms with E-state index in [2.05, 4.69) is 11.4 Å². The highest BCUT2D eigenvalue weighted by Gasteiger charge is 2.38. The van der Waals surface area contributed by atoms with Gasteiger partial charge in [0.05, 0.1) is 13.2 Å². The van der Waals surface area contributed by atoms with E-state index in [1.54, 1.807) is 24.9 Å². The van der Waals surface area contributed by atoms with Crippen LogP contribution in [0.1, 0.15) is 58.4 Å². The maximum Gasteiger partial charge on any atom is 0.317 e. The zero-order valence-electron chi connectivity index (χ0n) is 20.8. The summed E-state index contributed by atoms with van der Waals surface area (Å²) in [5.74, 6) is 0.0916. The Bertz CT molecular complexity index is 994. The first-order valence-electron chi connectivity index (χ1n) is 12.3. The van der Waals surface area contributed by atoms with Crippen molar-refractivity contribution < 1.29 is 23.1 Å². The maximum atomic E-state index is 13.6. The van der Waals surface area contributed by atoms with Gasteiger partial charge in [0.2, 0.25) is 10.0 Å². The molecule has 8 nitrogen and oxygen atoms in total. The molecule has 0 saturated heterocycles. The van der Waals surface area contributed by atoms with Crippen LogP contribution in [-0.2, 0) is 10.0 Å². The van der Waals surface area contributed by atoms with Gasteiger partial charge in [-0.1, -0.05) is 26.0 Å². The van der Waals surface area contributed by atoms with E-state index in [0.717, 1.165) is 31.2 Å². The first-order valence-corrected chi connectivity index (χ1v) is 13.7. The van der Waals surface area contributed by atoms with Crippen LogP contribution in [0.2, 0.25) is 0 Å². The summed E-state index contributed by atoms with van der Waals surface area (Å²) in [4.78, 5) is 14.2. The molecule has 3 rings (SSSR count). The Morgan fingerprint density at radius 1 is 1.35 bits per heavy atom. The fourth-order valence-corrected chi connectivity index (χ4v) is 6.29. The number of sulfonamides is 1. The smallest absolute Gasteiger partial charge is 0.317 e. The van der Waals surface area contributed by atoms with Crippen molar-refractivity contribution in [2.75, 3.05) is 33.3 Å². The van der Waals surface area contributed by atoms with Crippen molar-refractivity contribution in [3.8, 4) is 5.75 Å². The number of aliphatic hydroxyl groups is 1. The number of aliphatic hydroxyl groups excluding tert-OH is 1. The number of nitrogens with one attached hydrogen (secondary N) is 1. The summed E-state index contributed by atoms with van der Waals surface area (Å²) in [7, 11) is -2.16. The van der Waals surface area contributed by atoms with Crippen molar-refractivity contribution in [3.05, 3.63) is 29.8 Å². The maximum absolute atomic E-state index is 13.6. The monoisotopic (exact) mass is 493 g/mol. The molecule has 3 atom stereocenters. The lowest BCUT2D eigenvalue weighted by Crippen LogP contribution is -2.51. The SMILES string of the molecule is CCCNC(=O)N(C)C[C@@H]1Oc2cc(C3=CCCCC3)ccc2S(=O)(=O)N([C@H](C)CO)C[C@H]1C. The zero-order chi connectivity index (χ0) is 24.9. The molecule has 0 fully saturated rings. The van der Waals surface area contributed by atoms with Crippen LogP contribution in [-0.4, -0.2) is 74.2 Å². The van der Waals surface area contributed by atoms with E-state index < -0.39 is 22.2 Å². The van der Waals surface area contributed by atoms with Gasteiger partial charge in [-0.25, -0.2) is 13.2 Å². The number of urea groups is 1. The number of hydrogen-bond acceptors (Lipinski definition) is 5. The molecule has 2 amide bonds. The van der Waals surface area contributed by atoms with Gasteiger partial charge in [-0.15, -0.1) is 0 Å². The van der Waals surface area contributed by atoms with E-state index in [-0.39, 0.29) is 30.0 Å². The van der Waals surface area contributed by atoms with Crippen LogP contribution in [0, 0.1) is 5.92 Å². The summed E-state index contributed by atoms with van der Waals surface area (Å²) < 4.78 is 35.0. The van der Waals surface area contributed by atoms with Gasteiger partial charge in [0, 0.05) is 32.1 Å². The molecule has 1 aliphatic carbocycles. The third-order valence-electron chi connectivity index (χ3n) is 6.66. The number of hydrogen-bond donors (Lipinski definition) is 2. The van der Waals surface area contributed by atoms with Crippen LogP contribution in [0.4, 0.5) is 4.79 Å². The van der Waals surface area contributed by atoms with Gasteiger partial charge in [0.15, 0.2) is 0 Å². The molecular weight excluding hydrogens is 454 g/mol. The number of carbonyl (C=O) groups excluding carboxylic acids is 1. The molecule has 2 N–H and O–H groups in total. The first kappa shape index (κ1) is 26.5. The van der Waals surface area contributed by atoms with E-state index in [4.69, 9.17) is 4.74 Å². The molecule has 0 spiro atoms. The average molecular weight is 494 g/mol. The highest BCUT2D eigenvalue weighted by molar-refractivity contribution is 7.89. The Kier molecular flexibility index (Phi) is 9.01. The van der Waals surface area contributed by atoms with Crippen molar-refractivity contribution in [3.63, 3.8) is 0 Å². The molecule has 9 heteroatoms. The van der Waals surface area contributed by atoms with Crippen LogP contribution in [0.25, 0.3) is 5.57 Å². The number of nitrogens with zero attached hydrogens (tertiary/aromatic N) is 2. The Morgan fingerprint density at radius 2 is 2.12 bits per heavy atom. The summed E-state index contributed by atoms with van der Waals surface area (Å²) in [6, 6.07) is 4.54. The lowest BCUT2D eigenvalue weighted by atomic mass is 9.93. The molecule has 0 saturated carbocycles. The van der Waals surface area contributed by atoms with Crippen LogP contribution in [0.5, 0.6) is 5.75 Å². The van der Waals surface area contributed by atoms with Gasteiger partial charge in [0.1, 0.15) is 16.7 Å². The largest absolute Gasteiger partial charge is 0.487 e. The summed E-state index contributed by atoms with van der Waals surface area (Å²) in [6.45, 7) is 6.42. The van der Waals surface area contributed by atoms with Gasteiger partial charge in [0.25, 0.3) is 0 Å². The fraction of sp³-hybridized carbons (Fsp3) is 0.640. The third kappa shape index (κ3) is 5.93. The number of allylic oxidation sites excluding steroid dienone is 2. The molecule has 1 aromatic rings. The predicted molar refractivity (Wildman–Crippen MR) is 133 cm³/mol. The van der Waals surface area contributed by atoms with Crippen molar-refractivity contribution in [2.45, 2.75) is 69.9 Å². The van der Waals surface area contributed by atoms with Gasteiger partial charge in [-0.05, 0) is 62.3 Å². The minimum absolute atomic E-state index is 0.1000. The number of carbonyl (C=O) groups is 1. The van der Waals surface area contributed by atoms with E-state index in [1.807, 2.05) is 26.0 Å². The molecule has 0 aromatic heterocycles. The van der Waals surface area contributed by atoms with Crippen LogP contribution in [0.3, 0.4) is 0 Å². The molecule has 1 aliphatic heterocycles. The number of rotatable bonds is 7. The molecular formula is C25H39N3O5S. The van der Waals surface area contributed by atoms with Crippen LogP contribution >= 0.6 is 0 Å². The predicted octanol–water partition coefficient (Wildman–Crippen LogP) is 3.46. The highest BCUT2D eigenvalue weighted by atomic mass is 32.2. The summed E-state index contributed by atoms with van der Waals surface area (Å²) in [5, 5.41) is 12.7. The standard InChI is InChI=1S/C25H39N3O5S/c1-5-13-26-25(30)27(4)16-23-18(2)15-28(19(3)17-29)34(31,32)24-12-11-21(14-22(24)33-23)20-9-7-6-8-10-20/h9,11-12,14,18-19,23,29H,5-8,10,13,15-17H2,1-4H3,(H,26,30)/t18-,19-,23+/m1/s1. The third-order valence-corrected chi connectivity index (χ3v) is 8.68. The second-order valence-corrected chi connectivity index (χ2v) is 11.3. The molecule has 1 heterocycles. The second kappa shape index (κ2) is 11.6. The van der Waals surface area contributed by atoms with Crippen LogP contribution in [0.15, 0.2) is 29.2 Å². The summed E-state index contributed by atoms with van der Waals surface area (Å²) in [5.41, 5.74) is 2.18. The Morgan fingerprint density at radius 3 is 2.76 bits per heavy atom. The summed E-state index contributed by atoms with van der Waals surface area (Å²) >= 11 is 0. The molecule has 0 radical (unpaired) electrons.